The van der Waals surface area contributed by atoms with Crippen molar-refractivity contribution in [3.8, 4) is 16.3 Å². The van der Waals surface area contributed by atoms with Gasteiger partial charge in [0, 0.05) is 34.7 Å². The molecule has 1 aromatic heterocycles. The fourth-order valence-electron chi connectivity index (χ4n) is 5.07. The number of nitrogens with one attached hydrogen (secondary N) is 3. The Bertz CT molecular complexity index is 1600. The summed E-state index contributed by atoms with van der Waals surface area (Å²) in [6, 6.07) is 13.1. The van der Waals surface area contributed by atoms with Crippen LogP contribution in [-0.4, -0.2) is 56.2 Å². The van der Waals surface area contributed by atoms with Crippen LogP contribution in [0.3, 0.4) is 0 Å². The summed E-state index contributed by atoms with van der Waals surface area (Å²) in [5, 5.41) is 8.81. The molecule has 2 unspecified atom stereocenters. The van der Waals surface area contributed by atoms with Gasteiger partial charge >= 0.3 is 0 Å². The van der Waals surface area contributed by atoms with E-state index in [0.717, 1.165) is 40.7 Å². The van der Waals surface area contributed by atoms with Crippen molar-refractivity contribution < 1.29 is 22.7 Å². The number of carbonyl (C=O) groups excluding carboxylic acids is 2. The highest BCUT2D eigenvalue weighted by molar-refractivity contribution is 7.92. The number of thiazole rings is 1. The van der Waals surface area contributed by atoms with Gasteiger partial charge < -0.3 is 20.7 Å². The van der Waals surface area contributed by atoms with Gasteiger partial charge in [-0.1, -0.05) is 24.3 Å². The molecule has 0 bridgehead atoms. The summed E-state index contributed by atoms with van der Waals surface area (Å²) in [7, 11) is -3.81. The number of hydrogen-bond donors (Lipinski definition) is 3. The fourth-order valence-corrected chi connectivity index (χ4v) is 7.77. The number of aromatic nitrogens is 1. The first-order valence-corrected chi connectivity index (χ1v) is 15.5. The largest absolute Gasteiger partial charge is 0.493 e. The molecule has 40 heavy (non-hydrogen) atoms. The number of amides is 2. The summed E-state index contributed by atoms with van der Waals surface area (Å²) in [6.45, 7) is 3.02. The summed E-state index contributed by atoms with van der Waals surface area (Å²) < 4.78 is 32.4. The van der Waals surface area contributed by atoms with E-state index in [1.54, 1.807) is 18.3 Å². The molecule has 1 aliphatic carbocycles. The van der Waals surface area contributed by atoms with E-state index in [2.05, 4.69) is 20.9 Å². The minimum absolute atomic E-state index is 0.00394. The number of fused-ring (bicyclic) bond motifs is 2. The zero-order chi connectivity index (χ0) is 27.7. The van der Waals surface area contributed by atoms with Crippen LogP contribution >= 0.6 is 11.3 Å². The van der Waals surface area contributed by atoms with Gasteiger partial charge in [-0.2, -0.15) is 0 Å². The highest BCUT2D eigenvalue weighted by atomic mass is 32.2. The maximum absolute atomic E-state index is 13.2. The molecular weight excluding hydrogens is 548 g/mol. The second-order valence-electron chi connectivity index (χ2n) is 9.99. The third-order valence-corrected chi connectivity index (χ3v) is 10.4. The molecule has 11 heteroatoms. The Morgan fingerprint density at radius 1 is 1.15 bits per heavy atom. The standard InChI is InChI=1S/C29H28N4O5S2/c34-27(20-7-10-26-24(13-20)33-28(35)23-3-1-2-4-25(23)40(26,36)37)31-15-22-16-32-29(39-22)19-5-8-21(9-6-19)38-17-18-11-12-30-14-18/h1-10,13,16,18,24,26,30H,11-12,14-15,17H2,(H,31,34)(H,33,35)/t18-,24?,26?/m1/s1. The molecule has 0 radical (unpaired) electrons. The third kappa shape index (κ3) is 5.32. The van der Waals surface area contributed by atoms with E-state index in [1.807, 2.05) is 24.3 Å². The van der Waals surface area contributed by atoms with Gasteiger partial charge in [-0.05, 0) is 55.4 Å². The highest BCUT2D eigenvalue weighted by Gasteiger charge is 2.40. The van der Waals surface area contributed by atoms with Gasteiger partial charge in [-0.15, -0.1) is 11.3 Å². The quantitative estimate of drug-likeness (QED) is 0.395. The maximum Gasteiger partial charge on any atom is 0.253 e. The van der Waals surface area contributed by atoms with Crippen LogP contribution in [0.25, 0.3) is 10.6 Å². The Balaban J connectivity index is 1.08. The lowest BCUT2D eigenvalue weighted by atomic mass is 10.0. The average molecular weight is 577 g/mol. The molecule has 206 valence electrons. The van der Waals surface area contributed by atoms with Gasteiger partial charge in [0.05, 0.1) is 29.7 Å². The van der Waals surface area contributed by atoms with Crippen molar-refractivity contribution in [2.24, 2.45) is 5.92 Å². The molecule has 0 saturated carbocycles. The second kappa shape index (κ2) is 11.0. The lowest BCUT2D eigenvalue weighted by Gasteiger charge is -2.24. The smallest absolute Gasteiger partial charge is 0.253 e. The van der Waals surface area contributed by atoms with Gasteiger partial charge in [0.25, 0.3) is 11.8 Å². The van der Waals surface area contributed by atoms with Crippen molar-refractivity contribution >= 4 is 33.0 Å². The normalized spacial score (nSPS) is 22.9. The van der Waals surface area contributed by atoms with Crippen molar-refractivity contribution in [2.75, 3.05) is 19.7 Å². The summed E-state index contributed by atoms with van der Waals surface area (Å²) >= 11 is 1.48. The number of ether oxygens (including phenoxy) is 1. The molecule has 6 rings (SSSR count). The Morgan fingerprint density at radius 2 is 1.98 bits per heavy atom. The van der Waals surface area contributed by atoms with Gasteiger partial charge in [-0.25, -0.2) is 13.4 Å². The first-order chi connectivity index (χ1) is 19.4. The van der Waals surface area contributed by atoms with Gasteiger partial charge in [0.15, 0.2) is 9.84 Å². The lowest BCUT2D eigenvalue weighted by molar-refractivity contribution is -0.117. The highest BCUT2D eigenvalue weighted by Crippen LogP contribution is 2.30. The van der Waals surface area contributed by atoms with Gasteiger partial charge in [0.1, 0.15) is 16.0 Å². The fraction of sp³-hybridized carbons (Fsp3) is 0.276. The van der Waals surface area contributed by atoms with Crippen molar-refractivity contribution in [3.05, 3.63) is 89.0 Å². The predicted molar refractivity (Wildman–Crippen MR) is 152 cm³/mol. The van der Waals surface area contributed by atoms with Crippen LogP contribution in [0, 0.1) is 5.92 Å². The minimum atomic E-state index is -3.81. The number of benzene rings is 2. The van der Waals surface area contributed by atoms with Crippen molar-refractivity contribution in [3.63, 3.8) is 0 Å². The van der Waals surface area contributed by atoms with Crippen LogP contribution in [0.5, 0.6) is 5.75 Å². The molecule has 1 saturated heterocycles. The summed E-state index contributed by atoms with van der Waals surface area (Å²) in [5.41, 5.74) is 1.36. The number of carbonyl (C=O) groups is 2. The van der Waals surface area contributed by atoms with Crippen LogP contribution in [0.15, 0.2) is 83.4 Å². The monoisotopic (exact) mass is 576 g/mol. The van der Waals surface area contributed by atoms with E-state index in [1.165, 1.54) is 41.7 Å². The number of rotatable bonds is 7. The summed E-state index contributed by atoms with van der Waals surface area (Å²) in [6.07, 6.45) is 7.35. The number of hydrogen-bond acceptors (Lipinski definition) is 8. The molecule has 3 N–H and O–H groups in total. The zero-order valence-corrected chi connectivity index (χ0v) is 23.1. The predicted octanol–water partition coefficient (Wildman–Crippen LogP) is 2.87. The topological polar surface area (TPSA) is 126 Å². The molecule has 3 atom stereocenters. The van der Waals surface area contributed by atoms with Crippen LogP contribution < -0.4 is 20.7 Å². The van der Waals surface area contributed by atoms with Crippen molar-refractivity contribution in [1.29, 1.82) is 0 Å². The molecule has 0 spiro atoms. The van der Waals surface area contributed by atoms with Crippen molar-refractivity contribution in [1.82, 2.24) is 20.9 Å². The molecule has 9 nitrogen and oxygen atoms in total. The van der Waals surface area contributed by atoms with E-state index >= 15 is 0 Å². The number of nitrogens with zero attached hydrogens (tertiary/aromatic N) is 1. The Labute approximate surface area is 236 Å². The molecule has 2 aliphatic heterocycles. The Hall–Kier alpha value is -3.80. The summed E-state index contributed by atoms with van der Waals surface area (Å²) in [4.78, 5) is 31.0. The van der Waals surface area contributed by atoms with E-state index in [4.69, 9.17) is 4.74 Å². The van der Waals surface area contributed by atoms with Gasteiger partial charge in [0.2, 0.25) is 0 Å². The average Bonchev–Trinajstić information content (AvgIpc) is 3.66. The summed E-state index contributed by atoms with van der Waals surface area (Å²) in [5.74, 6) is 0.531. The molecule has 2 aromatic carbocycles. The zero-order valence-electron chi connectivity index (χ0n) is 21.5. The molecule has 2 amide bonds. The molecular formula is C29H28N4O5S2. The Kier molecular flexibility index (Phi) is 7.26. The first-order valence-electron chi connectivity index (χ1n) is 13.1. The van der Waals surface area contributed by atoms with E-state index in [-0.39, 0.29) is 28.5 Å². The Morgan fingerprint density at radius 3 is 2.77 bits per heavy atom. The maximum atomic E-state index is 13.2. The lowest BCUT2D eigenvalue weighted by Crippen LogP contribution is -2.44. The second-order valence-corrected chi connectivity index (χ2v) is 13.2. The molecule has 3 aliphatic rings. The number of sulfone groups is 1. The van der Waals surface area contributed by atoms with Crippen LogP contribution in [0.4, 0.5) is 0 Å². The van der Waals surface area contributed by atoms with E-state index < -0.39 is 27.0 Å². The molecule has 1 fully saturated rings. The molecule has 3 heterocycles. The van der Waals surface area contributed by atoms with Crippen LogP contribution in [0.1, 0.15) is 21.7 Å². The third-order valence-electron chi connectivity index (χ3n) is 7.26. The van der Waals surface area contributed by atoms with Gasteiger partial charge in [-0.3, -0.25) is 9.59 Å². The van der Waals surface area contributed by atoms with Crippen LogP contribution in [0.2, 0.25) is 0 Å². The first kappa shape index (κ1) is 26.4. The minimum Gasteiger partial charge on any atom is -0.493 e. The SMILES string of the molecule is O=C(NCc1cnc(-c2ccc(OC[C@@H]3CCNC3)cc2)s1)C1=CC2NC(=O)c3ccccc3S(=O)(=O)C2C=C1. The van der Waals surface area contributed by atoms with Crippen LogP contribution in [-0.2, 0) is 21.2 Å². The van der Waals surface area contributed by atoms with Crippen molar-refractivity contribution in [2.45, 2.75) is 29.2 Å². The van der Waals surface area contributed by atoms with E-state index in [9.17, 15) is 18.0 Å². The molecule has 3 aromatic rings. The van der Waals surface area contributed by atoms with E-state index in [0.29, 0.717) is 12.5 Å².